The lowest BCUT2D eigenvalue weighted by Crippen LogP contribution is -2.12. The van der Waals surface area contributed by atoms with Crippen molar-refractivity contribution in [2.45, 2.75) is 4.90 Å². The lowest BCUT2D eigenvalue weighted by molar-refractivity contribution is 0.415. The summed E-state index contributed by atoms with van der Waals surface area (Å²) < 4.78 is 22.1. The van der Waals surface area contributed by atoms with Crippen LogP contribution in [-0.2, 0) is 10.1 Å². The molecule has 2 aromatic carbocycles. The topological polar surface area (TPSA) is 44.6 Å². The van der Waals surface area contributed by atoms with Gasteiger partial charge in [0.15, 0.2) is 0 Å². The van der Waals surface area contributed by atoms with Gasteiger partial charge in [0.2, 0.25) is 0 Å². The van der Waals surface area contributed by atoms with Crippen LogP contribution < -0.4 is 4.74 Å². The molecule has 0 radical (unpaired) electrons. The number of rotatable bonds is 1. The molecule has 0 N–H and O–H groups in total. The molecule has 18 heavy (non-hydrogen) atoms. The fourth-order valence-electron chi connectivity index (χ4n) is 2.19. The van der Waals surface area contributed by atoms with Gasteiger partial charge in [-0.25, -0.2) is 0 Å². The summed E-state index contributed by atoms with van der Waals surface area (Å²) in [6.45, 7) is 0. The monoisotopic (exact) mass is 259 g/mol. The highest BCUT2D eigenvalue weighted by Gasteiger charge is 2.25. The van der Waals surface area contributed by atoms with Crippen LogP contribution in [0.25, 0.3) is 11.1 Å². The van der Waals surface area contributed by atoms with Gasteiger partial charge in [0.1, 0.15) is 16.3 Å². The first-order valence-electron chi connectivity index (χ1n) is 5.61. The molecular weight excluding hydrogens is 246 g/mol. The Labute approximate surface area is 107 Å². The predicted octanol–water partition coefficient (Wildman–Crippen LogP) is 3.46. The van der Waals surface area contributed by atoms with Gasteiger partial charge in [0.25, 0.3) is 0 Å². The number of ether oxygens (including phenoxy) is 1. The van der Waals surface area contributed by atoms with Gasteiger partial charge in [-0.05, 0) is 40.4 Å². The standard InChI is InChI=1S/C14H13NO2S/c1-17-10-7-8-13-12(9-10)11-5-3-4-6-14(11)18(2,16)15-13/h3-9H,1-2H3. The second-order valence-corrected chi connectivity index (χ2v) is 6.50. The van der Waals surface area contributed by atoms with E-state index in [2.05, 4.69) is 4.36 Å². The van der Waals surface area contributed by atoms with Crippen LogP contribution in [0.1, 0.15) is 0 Å². The first kappa shape index (κ1) is 11.4. The zero-order valence-corrected chi connectivity index (χ0v) is 11.0. The zero-order chi connectivity index (χ0) is 12.8. The summed E-state index contributed by atoms with van der Waals surface area (Å²) >= 11 is 0. The van der Waals surface area contributed by atoms with Crippen molar-refractivity contribution < 1.29 is 9.29 Å². The Morgan fingerprint density at radius 2 is 1.89 bits per heavy atom. The van der Waals surface area contributed by atoms with Crippen LogP contribution in [-0.4, -0.2) is 17.9 Å². The molecule has 3 nitrogen and oxygen atoms in total. The predicted molar refractivity (Wildman–Crippen MR) is 72.9 cm³/mol. The molecule has 0 saturated carbocycles. The van der Waals surface area contributed by atoms with Crippen molar-refractivity contribution in [2.24, 2.45) is 4.36 Å². The Bertz CT molecular complexity index is 673. The molecule has 1 aliphatic heterocycles. The van der Waals surface area contributed by atoms with Crippen molar-refractivity contribution in [1.82, 2.24) is 0 Å². The van der Waals surface area contributed by atoms with E-state index < -0.39 is 10.1 Å². The number of methoxy groups -OCH3 is 1. The summed E-state index contributed by atoms with van der Waals surface area (Å²) in [5.74, 6) is 0.781. The van der Waals surface area contributed by atoms with Gasteiger partial charge in [-0.3, -0.25) is 0 Å². The van der Waals surface area contributed by atoms with E-state index in [0.717, 1.165) is 27.5 Å². The Hall–Kier alpha value is -1.65. The molecule has 3 rings (SSSR count). The molecule has 0 bridgehead atoms. The summed E-state index contributed by atoms with van der Waals surface area (Å²) in [5, 5.41) is 0. The van der Waals surface area contributed by atoms with Gasteiger partial charge >= 0.3 is 0 Å². The van der Waals surface area contributed by atoms with E-state index in [1.165, 1.54) is 0 Å². The van der Waals surface area contributed by atoms with Gasteiger partial charge in [0.05, 0.1) is 13.4 Å². The smallest absolute Gasteiger partial charge is 0.144 e. The number of benzene rings is 2. The van der Waals surface area contributed by atoms with Crippen molar-refractivity contribution in [1.29, 1.82) is 0 Å². The van der Waals surface area contributed by atoms with Gasteiger partial charge in [0, 0.05) is 11.1 Å². The summed E-state index contributed by atoms with van der Waals surface area (Å²) in [4.78, 5) is 0.797. The van der Waals surface area contributed by atoms with Gasteiger partial charge in [-0.2, -0.15) is 0 Å². The minimum Gasteiger partial charge on any atom is -0.626 e. The van der Waals surface area contributed by atoms with Gasteiger partial charge in [-0.15, -0.1) is 4.36 Å². The maximum atomic E-state index is 12.5. The molecule has 2 aromatic rings. The van der Waals surface area contributed by atoms with Crippen LogP contribution in [0.3, 0.4) is 0 Å². The Balaban J connectivity index is 2.36. The lowest BCUT2D eigenvalue weighted by atomic mass is 10.0. The molecule has 0 saturated heterocycles. The van der Waals surface area contributed by atoms with E-state index in [1.54, 1.807) is 13.4 Å². The second kappa shape index (κ2) is 3.93. The normalized spacial score (nSPS) is 20.6. The second-order valence-electron chi connectivity index (χ2n) is 4.27. The van der Waals surface area contributed by atoms with E-state index in [-0.39, 0.29) is 0 Å². The Morgan fingerprint density at radius 1 is 1.11 bits per heavy atom. The summed E-state index contributed by atoms with van der Waals surface area (Å²) in [5.41, 5.74) is 2.72. The quantitative estimate of drug-likeness (QED) is 0.736. The third kappa shape index (κ3) is 1.65. The van der Waals surface area contributed by atoms with Crippen LogP contribution in [0.4, 0.5) is 5.69 Å². The van der Waals surface area contributed by atoms with Crippen LogP contribution >= 0.6 is 0 Å². The minimum atomic E-state index is -2.34. The fourth-order valence-corrected chi connectivity index (χ4v) is 3.74. The molecular formula is C14H13NO2S. The molecule has 1 atom stereocenters. The SMILES string of the molecule is COc1ccc2c(c1)-c1ccccc1[S+](C)([O-])=N2. The molecule has 92 valence electrons. The molecule has 0 fully saturated rings. The van der Waals surface area contributed by atoms with E-state index in [9.17, 15) is 4.55 Å². The molecule has 1 heterocycles. The average molecular weight is 259 g/mol. The molecule has 0 spiro atoms. The van der Waals surface area contributed by atoms with E-state index >= 15 is 0 Å². The molecule has 1 aliphatic rings. The largest absolute Gasteiger partial charge is 0.626 e. The summed E-state index contributed by atoms with van der Waals surface area (Å²) in [6.07, 6.45) is 1.68. The third-order valence-corrected chi connectivity index (χ3v) is 4.78. The van der Waals surface area contributed by atoms with Crippen LogP contribution in [0.5, 0.6) is 5.75 Å². The highest BCUT2D eigenvalue weighted by molar-refractivity contribution is 7.99. The molecule has 0 amide bonds. The average Bonchev–Trinajstić information content (AvgIpc) is 2.38. The molecule has 1 unspecified atom stereocenters. The van der Waals surface area contributed by atoms with E-state index in [1.807, 2.05) is 42.5 Å². The van der Waals surface area contributed by atoms with Crippen molar-refractivity contribution >= 4 is 15.8 Å². The molecule has 4 heteroatoms. The van der Waals surface area contributed by atoms with E-state index in [0.29, 0.717) is 0 Å². The van der Waals surface area contributed by atoms with Crippen molar-refractivity contribution in [3.05, 3.63) is 42.5 Å². The maximum Gasteiger partial charge on any atom is 0.144 e. The molecule has 0 aromatic heterocycles. The third-order valence-electron chi connectivity index (χ3n) is 3.06. The van der Waals surface area contributed by atoms with Crippen LogP contribution in [0, 0.1) is 0 Å². The minimum absolute atomic E-state index is 0.766. The highest BCUT2D eigenvalue weighted by Crippen LogP contribution is 2.43. The Kier molecular flexibility index (Phi) is 2.50. The van der Waals surface area contributed by atoms with Crippen molar-refractivity contribution in [3.8, 4) is 16.9 Å². The fraction of sp³-hybridized carbons (Fsp3) is 0.143. The summed E-state index contributed by atoms with van der Waals surface area (Å²) in [6, 6.07) is 13.3. The molecule has 0 aliphatic carbocycles. The van der Waals surface area contributed by atoms with Crippen LogP contribution in [0.2, 0.25) is 0 Å². The van der Waals surface area contributed by atoms with E-state index in [4.69, 9.17) is 4.74 Å². The first-order valence-corrected chi connectivity index (χ1v) is 7.54. The lowest BCUT2D eigenvalue weighted by Gasteiger charge is -2.25. The Morgan fingerprint density at radius 3 is 2.67 bits per heavy atom. The highest BCUT2D eigenvalue weighted by atomic mass is 32.3. The first-order chi connectivity index (χ1) is 8.62. The number of fused-ring (bicyclic) bond motifs is 3. The number of nitrogens with zero attached hydrogens (tertiary/aromatic N) is 1. The maximum absolute atomic E-state index is 12.5. The zero-order valence-electron chi connectivity index (χ0n) is 10.2. The van der Waals surface area contributed by atoms with Crippen LogP contribution in [0.15, 0.2) is 51.7 Å². The summed E-state index contributed by atoms with van der Waals surface area (Å²) in [7, 11) is -0.705. The van der Waals surface area contributed by atoms with Crippen molar-refractivity contribution in [2.75, 3.05) is 13.4 Å². The van der Waals surface area contributed by atoms with Gasteiger partial charge in [-0.1, -0.05) is 12.1 Å². The number of hydrogen-bond donors (Lipinski definition) is 0. The number of hydrogen-bond acceptors (Lipinski definition) is 3. The van der Waals surface area contributed by atoms with Crippen molar-refractivity contribution in [3.63, 3.8) is 0 Å². The van der Waals surface area contributed by atoms with Gasteiger partial charge < -0.3 is 9.29 Å².